The summed E-state index contributed by atoms with van der Waals surface area (Å²) in [5, 5.41) is 4.84. The summed E-state index contributed by atoms with van der Waals surface area (Å²) in [5.74, 6) is 0.820. The van der Waals surface area contributed by atoms with Crippen LogP contribution in [0.5, 0.6) is 0 Å². The van der Waals surface area contributed by atoms with Crippen molar-refractivity contribution in [3.8, 4) is 0 Å². The normalized spacial score (nSPS) is 16.9. The molecule has 0 amide bonds. The monoisotopic (exact) mass is 316 g/mol. The lowest BCUT2D eigenvalue weighted by Gasteiger charge is -2.10. The standard InChI is InChI=1S/C14H24N2O2S2/c1-15-11-13-14(8-10-19-13)20(17,18)16-9-4-7-12-5-2-3-6-12/h8,10,12,15-16H,2-7,9,11H2,1H3. The van der Waals surface area contributed by atoms with Gasteiger partial charge in [0.2, 0.25) is 10.0 Å². The highest BCUT2D eigenvalue weighted by Gasteiger charge is 2.19. The maximum atomic E-state index is 12.3. The van der Waals surface area contributed by atoms with E-state index in [0.717, 1.165) is 23.6 Å². The molecule has 2 N–H and O–H groups in total. The summed E-state index contributed by atoms with van der Waals surface area (Å²) >= 11 is 1.48. The lowest BCUT2D eigenvalue weighted by atomic mass is 10.0. The molecule has 0 aromatic carbocycles. The predicted octanol–water partition coefficient (Wildman–Crippen LogP) is 2.72. The van der Waals surface area contributed by atoms with Gasteiger partial charge in [-0.05, 0) is 37.3 Å². The van der Waals surface area contributed by atoms with Crippen molar-refractivity contribution in [2.45, 2.75) is 50.0 Å². The first kappa shape index (κ1) is 15.9. The fourth-order valence-corrected chi connectivity index (χ4v) is 5.36. The van der Waals surface area contributed by atoms with Crippen LogP contribution in [0.1, 0.15) is 43.4 Å². The number of hydrogen-bond acceptors (Lipinski definition) is 4. The lowest BCUT2D eigenvalue weighted by molar-refractivity contribution is 0.480. The van der Waals surface area contributed by atoms with E-state index in [-0.39, 0.29) is 0 Å². The fourth-order valence-electron chi connectivity index (χ4n) is 2.83. The Morgan fingerprint density at radius 1 is 1.35 bits per heavy atom. The minimum Gasteiger partial charge on any atom is -0.315 e. The Morgan fingerprint density at radius 2 is 2.10 bits per heavy atom. The molecule has 1 heterocycles. The molecular weight excluding hydrogens is 292 g/mol. The Morgan fingerprint density at radius 3 is 2.80 bits per heavy atom. The van der Waals surface area contributed by atoms with E-state index in [4.69, 9.17) is 0 Å². The molecule has 0 aliphatic heterocycles. The topological polar surface area (TPSA) is 58.2 Å². The smallest absolute Gasteiger partial charge is 0.241 e. The zero-order valence-corrected chi connectivity index (χ0v) is 13.7. The zero-order chi connectivity index (χ0) is 14.4. The van der Waals surface area contributed by atoms with Gasteiger partial charge in [-0.25, -0.2) is 13.1 Å². The van der Waals surface area contributed by atoms with Crippen LogP contribution < -0.4 is 10.0 Å². The van der Waals surface area contributed by atoms with Crippen molar-refractivity contribution in [1.29, 1.82) is 0 Å². The molecule has 0 bridgehead atoms. The van der Waals surface area contributed by atoms with Crippen molar-refractivity contribution in [3.05, 3.63) is 16.3 Å². The van der Waals surface area contributed by atoms with Crippen molar-refractivity contribution >= 4 is 21.4 Å². The molecular formula is C14H24N2O2S2. The summed E-state index contributed by atoms with van der Waals surface area (Å²) in [7, 11) is -1.52. The van der Waals surface area contributed by atoms with Gasteiger partial charge in [0, 0.05) is 18.0 Å². The summed E-state index contributed by atoms with van der Waals surface area (Å²) in [4.78, 5) is 1.30. The van der Waals surface area contributed by atoms with Gasteiger partial charge in [0.25, 0.3) is 0 Å². The van der Waals surface area contributed by atoms with Crippen molar-refractivity contribution in [2.24, 2.45) is 5.92 Å². The molecule has 20 heavy (non-hydrogen) atoms. The highest BCUT2D eigenvalue weighted by molar-refractivity contribution is 7.89. The van der Waals surface area contributed by atoms with Gasteiger partial charge >= 0.3 is 0 Å². The number of thiophene rings is 1. The Hall–Kier alpha value is -0.430. The van der Waals surface area contributed by atoms with Gasteiger partial charge < -0.3 is 5.32 Å². The first-order valence-electron chi connectivity index (χ1n) is 7.34. The van der Waals surface area contributed by atoms with E-state index in [2.05, 4.69) is 10.0 Å². The van der Waals surface area contributed by atoms with Crippen molar-refractivity contribution in [1.82, 2.24) is 10.0 Å². The van der Waals surface area contributed by atoms with Gasteiger partial charge in [-0.1, -0.05) is 25.7 Å². The van der Waals surface area contributed by atoms with E-state index in [9.17, 15) is 8.42 Å². The molecule has 1 aromatic heterocycles. The van der Waals surface area contributed by atoms with Gasteiger partial charge in [0.15, 0.2) is 0 Å². The molecule has 1 aliphatic carbocycles. The van der Waals surface area contributed by atoms with Crippen LogP contribution in [-0.4, -0.2) is 22.0 Å². The Kier molecular flexibility index (Phi) is 6.01. The Bertz CT molecular complexity index is 505. The van der Waals surface area contributed by atoms with E-state index in [1.54, 1.807) is 6.07 Å². The average Bonchev–Trinajstić information content (AvgIpc) is 3.06. The van der Waals surface area contributed by atoms with Crippen LogP contribution in [0.15, 0.2) is 16.3 Å². The van der Waals surface area contributed by atoms with E-state index < -0.39 is 10.0 Å². The molecule has 6 heteroatoms. The largest absolute Gasteiger partial charge is 0.315 e. The van der Waals surface area contributed by atoms with E-state index in [1.165, 1.54) is 37.0 Å². The van der Waals surface area contributed by atoms with Gasteiger partial charge in [0.1, 0.15) is 0 Å². The molecule has 0 atom stereocenters. The van der Waals surface area contributed by atoms with E-state index in [1.807, 2.05) is 12.4 Å². The summed E-state index contributed by atoms with van der Waals surface area (Å²) in [6.07, 6.45) is 7.43. The molecule has 1 saturated carbocycles. The Labute approximate surface area is 126 Å². The molecule has 2 rings (SSSR count). The van der Waals surface area contributed by atoms with Gasteiger partial charge in [-0.2, -0.15) is 0 Å². The van der Waals surface area contributed by atoms with Crippen LogP contribution in [0.4, 0.5) is 0 Å². The number of nitrogens with one attached hydrogen (secondary N) is 2. The first-order valence-corrected chi connectivity index (χ1v) is 9.70. The van der Waals surface area contributed by atoms with E-state index in [0.29, 0.717) is 18.0 Å². The number of hydrogen-bond donors (Lipinski definition) is 2. The zero-order valence-electron chi connectivity index (χ0n) is 12.0. The highest BCUT2D eigenvalue weighted by Crippen LogP contribution is 2.28. The molecule has 0 radical (unpaired) electrons. The van der Waals surface area contributed by atoms with E-state index >= 15 is 0 Å². The van der Waals surface area contributed by atoms with Crippen LogP contribution in [-0.2, 0) is 16.6 Å². The minimum absolute atomic E-state index is 0.428. The maximum absolute atomic E-state index is 12.3. The molecule has 0 spiro atoms. The first-order chi connectivity index (χ1) is 9.63. The second-order valence-corrected chi connectivity index (χ2v) is 8.16. The summed E-state index contributed by atoms with van der Waals surface area (Å²) in [6.45, 7) is 1.14. The second-order valence-electron chi connectivity index (χ2n) is 5.43. The Balaban J connectivity index is 1.82. The van der Waals surface area contributed by atoms with Crippen LogP contribution in [0.3, 0.4) is 0 Å². The second kappa shape index (κ2) is 7.54. The summed E-state index contributed by atoms with van der Waals surface area (Å²) < 4.78 is 27.2. The molecule has 4 nitrogen and oxygen atoms in total. The van der Waals surface area contributed by atoms with Gasteiger partial charge in [0.05, 0.1) is 4.90 Å². The molecule has 114 valence electrons. The lowest BCUT2D eigenvalue weighted by Crippen LogP contribution is -2.26. The minimum atomic E-state index is -3.35. The molecule has 0 unspecified atom stereocenters. The summed E-state index contributed by atoms with van der Waals surface area (Å²) in [5.41, 5.74) is 0. The van der Waals surface area contributed by atoms with Crippen LogP contribution in [0.25, 0.3) is 0 Å². The average molecular weight is 316 g/mol. The van der Waals surface area contributed by atoms with Crippen LogP contribution in [0, 0.1) is 5.92 Å². The third-order valence-corrected chi connectivity index (χ3v) is 6.48. The fraction of sp³-hybridized carbons (Fsp3) is 0.714. The highest BCUT2D eigenvalue weighted by atomic mass is 32.2. The predicted molar refractivity (Wildman–Crippen MR) is 83.5 cm³/mol. The molecule has 1 fully saturated rings. The third kappa shape index (κ3) is 4.28. The van der Waals surface area contributed by atoms with Gasteiger partial charge in [-0.3, -0.25) is 0 Å². The van der Waals surface area contributed by atoms with Crippen molar-refractivity contribution in [3.63, 3.8) is 0 Å². The SMILES string of the molecule is CNCc1sccc1S(=O)(=O)NCCCC1CCCC1. The number of sulfonamides is 1. The van der Waals surface area contributed by atoms with Crippen LogP contribution in [0.2, 0.25) is 0 Å². The van der Waals surface area contributed by atoms with Crippen LogP contribution >= 0.6 is 11.3 Å². The van der Waals surface area contributed by atoms with Crippen molar-refractivity contribution < 1.29 is 8.42 Å². The van der Waals surface area contributed by atoms with Gasteiger partial charge in [-0.15, -0.1) is 11.3 Å². The maximum Gasteiger partial charge on any atom is 0.241 e. The quantitative estimate of drug-likeness (QED) is 0.725. The molecule has 0 saturated heterocycles. The number of rotatable bonds is 8. The molecule has 1 aromatic rings. The molecule has 1 aliphatic rings. The summed E-state index contributed by atoms with van der Waals surface area (Å²) in [6, 6.07) is 1.69. The third-order valence-electron chi connectivity index (χ3n) is 3.89. The van der Waals surface area contributed by atoms with Crippen molar-refractivity contribution in [2.75, 3.05) is 13.6 Å².